The summed E-state index contributed by atoms with van der Waals surface area (Å²) in [7, 11) is 0. The topological polar surface area (TPSA) is 12.9 Å². The molecule has 0 saturated carbocycles. The van der Waals surface area contributed by atoms with Gasteiger partial charge in [0.2, 0.25) is 0 Å². The summed E-state index contributed by atoms with van der Waals surface area (Å²) in [6.45, 7) is 2.20. The van der Waals surface area contributed by atoms with Crippen molar-refractivity contribution in [2.24, 2.45) is 0 Å². The van der Waals surface area contributed by atoms with Crippen LogP contribution in [0.1, 0.15) is 24.8 Å². The number of hydrogen-bond donors (Lipinski definition) is 0. The lowest BCUT2D eigenvalue weighted by Crippen LogP contribution is -1.80. The molecule has 0 aliphatic carbocycles. The first kappa shape index (κ1) is 6.75. The van der Waals surface area contributed by atoms with Crippen LogP contribution >= 0.6 is 11.3 Å². The van der Waals surface area contributed by atoms with Gasteiger partial charge in [-0.25, -0.2) is 4.98 Å². The fourth-order valence-corrected chi connectivity index (χ4v) is 1.37. The van der Waals surface area contributed by atoms with Gasteiger partial charge in [-0.3, -0.25) is 0 Å². The van der Waals surface area contributed by atoms with E-state index in [-0.39, 0.29) is 0 Å². The van der Waals surface area contributed by atoms with Gasteiger partial charge in [0.05, 0.1) is 5.01 Å². The van der Waals surface area contributed by atoms with Crippen molar-refractivity contribution in [2.75, 3.05) is 0 Å². The zero-order valence-electron chi connectivity index (χ0n) is 5.63. The van der Waals surface area contributed by atoms with Crippen molar-refractivity contribution >= 4 is 11.3 Å². The number of hydrogen-bond acceptors (Lipinski definition) is 2. The van der Waals surface area contributed by atoms with Gasteiger partial charge in [0.1, 0.15) is 0 Å². The van der Waals surface area contributed by atoms with E-state index in [1.54, 1.807) is 11.3 Å². The van der Waals surface area contributed by atoms with E-state index in [9.17, 15) is 0 Å². The maximum Gasteiger partial charge on any atom is 0.0924 e. The second-order valence-corrected chi connectivity index (χ2v) is 3.01. The van der Waals surface area contributed by atoms with E-state index in [0.29, 0.717) is 0 Å². The van der Waals surface area contributed by atoms with Gasteiger partial charge in [-0.05, 0) is 12.8 Å². The van der Waals surface area contributed by atoms with E-state index in [2.05, 4.69) is 11.9 Å². The van der Waals surface area contributed by atoms with Gasteiger partial charge in [0.25, 0.3) is 0 Å². The first-order valence-electron chi connectivity index (χ1n) is 3.32. The standard InChI is InChI=1S/C7H11NS/c1-2-3-4-7-8-5-6-9-7/h5-6H,2-4H2,1H3. The van der Waals surface area contributed by atoms with Crippen molar-refractivity contribution < 1.29 is 0 Å². The van der Waals surface area contributed by atoms with Gasteiger partial charge >= 0.3 is 0 Å². The molecule has 0 spiro atoms. The molecule has 0 aliphatic rings. The first-order chi connectivity index (χ1) is 4.43. The second kappa shape index (κ2) is 3.62. The molecular weight excluding hydrogens is 130 g/mol. The fraction of sp³-hybridized carbons (Fsp3) is 0.571. The Bertz CT molecular complexity index is 146. The fourth-order valence-electron chi connectivity index (χ4n) is 0.704. The monoisotopic (exact) mass is 141 g/mol. The van der Waals surface area contributed by atoms with Gasteiger partial charge in [-0.2, -0.15) is 0 Å². The van der Waals surface area contributed by atoms with Gasteiger partial charge in [-0.15, -0.1) is 11.3 Å². The highest BCUT2D eigenvalue weighted by molar-refractivity contribution is 7.09. The molecule has 0 fully saturated rings. The quantitative estimate of drug-likeness (QED) is 0.630. The highest BCUT2D eigenvalue weighted by Crippen LogP contribution is 2.07. The predicted octanol–water partition coefficient (Wildman–Crippen LogP) is 2.49. The Morgan fingerprint density at radius 3 is 3.11 bits per heavy atom. The van der Waals surface area contributed by atoms with Crippen LogP contribution in [0.4, 0.5) is 0 Å². The summed E-state index contributed by atoms with van der Waals surface area (Å²) in [4.78, 5) is 4.17. The summed E-state index contributed by atoms with van der Waals surface area (Å²) in [5, 5.41) is 3.31. The zero-order valence-corrected chi connectivity index (χ0v) is 6.45. The molecular formula is C7H11NS. The molecule has 50 valence electrons. The van der Waals surface area contributed by atoms with E-state index in [0.717, 1.165) is 6.42 Å². The third-order valence-corrected chi connectivity index (χ3v) is 2.07. The second-order valence-electron chi connectivity index (χ2n) is 2.03. The molecule has 0 amide bonds. The Labute approximate surface area is 59.8 Å². The smallest absolute Gasteiger partial charge is 0.0924 e. The molecule has 0 bridgehead atoms. The van der Waals surface area contributed by atoms with Gasteiger partial charge < -0.3 is 0 Å². The van der Waals surface area contributed by atoms with Crippen molar-refractivity contribution in [3.05, 3.63) is 16.6 Å². The lowest BCUT2D eigenvalue weighted by molar-refractivity contribution is 0.790. The number of unbranched alkanes of at least 4 members (excludes halogenated alkanes) is 1. The van der Waals surface area contributed by atoms with Gasteiger partial charge in [-0.1, -0.05) is 13.3 Å². The minimum absolute atomic E-state index is 1.16. The Morgan fingerprint density at radius 2 is 2.56 bits per heavy atom. The molecule has 1 rings (SSSR count). The summed E-state index contributed by atoms with van der Waals surface area (Å²) < 4.78 is 0. The lowest BCUT2D eigenvalue weighted by atomic mass is 10.3. The molecule has 0 N–H and O–H groups in total. The average Bonchev–Trinajstić information content (AvgIpc) is 2.34. The Morgan fingerprint density at radius 1 is 1.67 bits per heavy atom. The number of nitrogens with zero attached hydrogens (tertiary/aromatic N) is 1. The first-order valence-corrected chi connectivity index (χ1v) is 4.20. The summed E-state index contributed by atoms with van der Waals surface area (Å²) in [5.74, 6) is 0. The Balaban J connectivity index is 2.30. The average molecular weight is 141 g/mol. The van der Waals surface area contributed by atoms with E-state index in [1.807, 2.05) is 11.6 Å². The SMILES string of the molecule is CCCCc1nccs1. The van der Waals surface area contributed by atoms with Crippen LogP contribution in [0.2, 0.25) is 0 Å². The Hall–Kier alpha value is -0.370. The highest BCUT2D eigenvalue weighted by atomic mass is 32.1. The largest absolute Gasteiger partial charge is 0.250 e. The molecule has 0 unspecified atom stereocenters. The maximum atomic E-state index is 4.17. The van der Waals surface area contributed by atoms with Crippen LogP contribution in [0.25, 0.3) is 0 Å². The number of rotatable bonds is 3. The highest BCUT2D eigenvalue weighted by Gasteiger charge is 1.91. The summed E-state index contributed by atoms with van der Waals surface area (Å²) in [5.41, 5.74) is 0. The van der Waals surface area contributed by atoms with Gasteiger partial charge in [0.15, 0.2) is 0 Å². The predicted molar refractivity (Wildman–Crippen MR) is 40.7 cm³/mol. The van der Waals surface area contributed by atoms with Crippen LogP contribution in [-0.4, -0.2) is 4.98 Å². The van der Waals surface area contributed by atoms with Crippen molar-refractivity contribution in [2.45, 2.75) is 26.2 Å². The van der Waals surface area contributed by atoms with E-state index in [4.69, 9.17) is 0 Å². The third kappa shape index (κ3) is 2.14. The molecule has 1 aromatic rings. The van der Waals surface area contributed by atoms with E-state index in [1.165, 1.54) is 17.8 Å². The molecule has 9 heavy (non-hydrogen) atoms. The van der Waals surface area contributed by atoms with Crippen LogP contribution in [-0.2, 0) is 6.42 Å². The summed E-state index contributed by atoms with van der Waals surface area (Å²) in [6, 6.07) is 0. The number of aryl methyl sites for hydroxylation is 1. The van der Waals surface area contributed by atoms with E-state index >= 15 is 0 Å². The maximum absolute atomic E-state index is 4.17. The van der Waals surface area contributed by atoms with Crippen LogP contribution in [0.3, 0.4) is 0 Å². The van der Waals surface area contributed by atoms with Crippen LogP contribution in [0, 0.1) is 0 Å². The molecule has 0 saturated heterocycles. The van der Waals surface area contributed by atoms with Crippen LogP contribution in [0.5, 0.6) is 0 Å². The molecule has 1 heterocycles. The minimum atomic E-state index is 1.16. The molecule has 0 atom stereocenters. The molecule has 0 radical (unpaired) electrons. The van der Waals surface area contributed by atoms with Crippen molar-refractivity contribution in [1.29, 1.82) is 0 Å². The number of aromatic nitrogens is 1. The Kier molecular flexibility index (Phi) is 2.71. The summed E-state index contributed by atoms with van der Waals surface area (Å²) in [6.07, 6.45) is 5.57. The number of thiazole rings is 1. The van der Waals surface area contributed by atoms with Crippen LogP contribution in [0.15, 0.2) is 11.6 Å². The molecule has 0 aliphatic heterocycles. The van der Waals surface area contributed by atoms with Crippen molar-refractivity contribution in [1.82, 2.24) is 4.98 Å². The van der Waals surface area contributed by atoms with Crippen LogP contribution < -0.4 is 0 Å². The van der Waals surface area contributed by atoms with Crippen molar-refractivity contribution in [3.63, 3.8) is 0 Å². The molecule has 2 heteroatoms. The normalized spacial score (nSPS) is 9.89. The summed E-state index contributed by atoms with van der Waals surface area (Å²) >= 11 is 1.75. The third-order valence-electron chi connectivity index (χ3n) is 1.23. The zero-order chi connectivity index (χ0) is 6.53. The molecule has 1 aromatic heterocycles. The lowest BCUT2D eigenvalue weighted by Gasteiger charge is -1.89. The van der Waals surface area contributed by atoms with Gasteiger partial charge in [0, 0.05) is 11.6 Å². The molecule has 0 aromatic carbocycles. The minimum Gasteiger partial charge on any atom is -0.250 e. The molecule has 1 nitrogen and oxygen atoms in total. The van der Waals surface area contributed by atoms with E-state index < -0.39 is 0 Å². The van der Waals surface area contributed by atoms with Crippen molar-refractivity contribution in [3.8, 4) is 0 Å².